The smallest absolute Gasteiger partial charge is 0.315 e. The molecule has 1 atom stereocenters. The van der Waals surface area contributed by atoms with Crippen LogP contribution >= 0.6 is 0 Å². The first-order chi connectivity index (χ1) is 8.68. The summed E-state index contributed by atoms with van der Waals surface area (Å²) in [6, 6.07) is 0.00426. The second-order valence-electron chi connectivity index (χ2n) is 5.34. The maximum absolute atomic E-state index is 12.5. The Balaban J connectivity index is 1.88. The molecule has 2 aliphatic rings. The van der Waals surface area contributed by atoms with Gasteiger partial charge < -0.3 is 9.80 Å². The van der Waals surface area contributed by atoms with E-state index >= 15 is 0 Å². The largest absolute Gasteiger partial charge is 0.333 e. The van der Waals surface area contributed by atoms with Crippen LogP contribution in [-0.4, -0.2) is 54.4 Å². The van der Waals surface area contributed by atoms with Crippen LogP contribution in [-0.2, 0) is 4.79 Å². The minimum absolute atomic E-state index is 0.00426. The first-order valence-corrected chi connectivity index (χ1v) is 6.99. The summed E-state index contributed by atoms with van der Waals surface area (Å²) in [7, 11) is 0. The van der Waals surface area contributed by atoms with Crippen molar-refractivity contribution < 1.29 is 13.6 Å². The lowest BCUT2D eigenvalue weighted by Crippen LogP contribution is -2.45. The molecule has 2 aliphatic heterocycles. The van der Waals surface area contributed by atoms with E-state index in [1.165, 1.54) is 30.6 Å². The highest BCUT2D eigenvalue weighted by Crippen LogP contribution is 2.21. The summed E-state index contributed by atoms with van der Waals surface area (Å²) in [6.45, 7) is 3.38. The number of carbonyl (C=O) groups is 1. The van der Waals surface area contributed by atoms with Gasteiger partial charge >= 0.3 is 6.43 Å². The van der Waals surface area contributed by atoms with Gasteiger partial charge in [0.05, 0.1) is 0 Å². The van der Waals surface area contributed by atoms with Crippen molar-refractivity contribution in [3.8, 4) is 0 Å². The number of alkyl halides is 2. The minimum Gasteiger partial charge on any atom is -0.333 e. The second kappa shape index (κ2) is 6.45. The number of amides is 1. The monoisotopic (exact) mass is 260 g/mol. The van der Waals surface area contributed by atoms with Crippen LogP contribution in [0, 0.1) is 0 Å². The summed E-state index contributed by atoms with van der Waals surface area (Å²) < 4.78 is 25.0. The lowest BCUT2D eigenvalue weighted by atomic mass is 10.2. The Bertz CT molecular complexity index is 278. The van der Waals surface area contributed by atoms with Crippen LogP contribution in [0.3, 0.4) is 0 Å². The molecule has 2 fully saturated rings. The van der Waals surface area contributed by atoms with Gasteiger partial charge in [0.1, 0.15) is 0 Å². The molecule has 0 N–H and O–H groups in total. The van der Waals surface area contributed by atoms with E-state index in [-0.39, 0.29) is 6.04 Å². The number of halogens is 2. The zero-order chi connectivity index (χ0) is 13.0. The predicted molar refractivity (Wildman–Crippen MR) is 65.6 cm³/mol. The molecule has 0 aromatic heterocycles. The molecule has 0 aromatic carbocycles. The highest BCUT2D eigenvalue weighted by atomic mass is 19.3. The Labute approximate surface area is 107 Å². The Morgan fingerprint density at radius 1 is 1.06 bits per heavy atom. The number of hydrogen-bond donors (Lipinski definition) is 0. The van der Waals surface area contributed by atoms with Crippen LogP contribution < -0.4 is 0 Å². The fourth-order valence-electron chi connectivity index (χ4n) is 3.06. The van der Waals surface area contributed by atoms with Crippen LogP contribution in [0.2, 0.25) is 0 Å². The van der Waals surface area contributed by atoms with E-state index in [4.69, 9.17) is 0 Å². The summed E-state index contributed by atoms with van der Waals surface area (Å²) in [5.41, 5.74) is 0. The number of likely N-dealkylation sites (tertiary alicyclic amines) is 2. The van der Waals surface area contributed by atoms with Gasteiger partial charge in [0.2, 0.25) is 0 Å². The van der Waals surface area contributed by atoms with Gasteiger partial charge in [-0.15, -0.1) is 0 Å². The van der Waals surface area contributed by atoms with E-state index in [2.05, 4.69) is 4.90 Å². The average molecular weight is 260 g/mol. The molecule has 18 heavy (non-hydrogen) atoms. The quantitative estimate of drug-likeness (QED) is 0.776. The second-order valence-corrected chi connectivity index (χ2v) is 5.34. The summed E-state index contributed by atoms with van der Waals surface area (Å²) in [6.07, 6.45) is 3.79. The highest BCUT2D eigenvalue weighted by Gasteiger charge is 2.34. The molecule has 0 radical (unpaired) electrons. The molecule has 1 amide bonds. The zero-order valence-electron chi connectivity index (χ0n) is 10.8. The van der Waals surface area contributed by atoms with E-state index in [9.17, 15) is 13.6 Å². The van der Waals surface area contributed by atoms with Crippen molar-refractivity contribution in [3.05, 3.63) is 0 Å². The number of carbonyl (C=O) groups excluding carboxylic acids is 1. The van der Waals surface area contributed by atoms with Crippen molar-refractivity contribution >= 4 is 5.91 Å². The van der Waals surface area contributed by atoms with Crippen LogP contribution in [0.4, 0.5) is 8.78 Å². The lowest BCUT2D eigenvalue weighted by Gasteiger charge is -2.30. The van der Waals surface area contributed by atoms with Crippen molar-refractivity contribution in [2.24, 2.45) is 0 Å². The SMILES string of the molecule is O=C(C(F)F)N1CCC[C@@H]1CN1CCCCCC1. The van der Waals surface area contributed by atoms with E-state index in [0.29, 0.717) is 6.54 Å². The molecule has 2 rings (SSSR count). The molecular formula is C13H22F2N2O. The van der Waals surface area contributed by atoms with E-state index in [1.807, 2.05) is 0 Å². The van der Waals surface area contributed by atoms with Gasteiger partial charge in [0, 0.05) is 19.1 Å². The number of nitrogens with zero attached hydrogens (tertiary/aromatic N) is 2. The van der Waals surface area contributed by atoms with E-state index in [0.717, 1.165) is 32.5 Å². The fourth-order valence-corrected chi connectivity index (χ4v) is 3.06. The maximum Gasteiger partial charge on any atom is 0.315 e. The van der Waals surface area contributed by atoms with Crippen molar-refractivity contribution in [2.45, 2.75) is 51.0 Å². The molecule has 0 aliphatic carbocycles. The molecule has 3 nitrogen and oxygen atoms in total. The molecule has 2 saturated heterocycles. The van der Waals surface area contributed by atoms with E-state index < -0.39 is 12.3 Å². The van der Waals surface area contributed by atoms with Gasteiger partial charge in [-0.1, -0.05) is 12.8 Å². The van der Waals surface area contributed by atoms with Gasteiger partial charge in [0.25, 0.3) is 5.91 Å². The van der Waals surface area contributed by atoms with Crippen molar-refractivity contribution in [2.75, 3.05) is 26.2 Å². The van der Waals surface area contributed by atoms with Crippen molar-refractivity contribution in [3.63, 3.8) is 0 Å². The first-order valence-electron chi connectivity index (χ1n) is 6.99. The third kappa shape index (κ3) is 3.40. The molecule has 2 heterocycles. The third-order valence-corrected chi connectivity index (χ3v) is 4.01. The molecule has 0 unspecified atom stereocenters. The van der Waals surface area contributed by atoms with Gasteiger partial charge in [-0.05, 0) is 38.8 Å². The number of hydrogen-bond acceptors (Lipinski definition) is 2. The topological polar surface area (TPSA) is 23.6 Å². The zero-order valence-corrected chi connectivity index (χ0v) is 10.8. The summed E-state index contributed by atoms with van der Waals surface area (Å²) in [5.74, 6) is -0.979. The Morgan fingerprint density at radius 2 is 1.72 bits per heavy atom. The van der Waals surface area contributed by atoms with Crippen LogP contribution in [0.15, 0.2) is 0 Å². The van der Waals surface area contributed by atoms with E-state index in [1.54, 1.807) is 0 Å². The van der Waals surface area contributed by atoms with Crippen molar-refractivity contribution in [1.82, 2.24) is 9.80 Å². The normalized spacial score (nSPS) is 26.6. The molecule has 0 spiro atoms. The average Bonchev–Trinajstić information content (AvgIpc) is 2.63. The standard InChI is InChI=1S/C13H22F2N2O/c14-12(15)13(18)17-9-5-6-11(17)10-16-7-3-1-2-4-8-16/h11-12H,1-10H2/t11-/m1/s1. The minimum atomic E-state index is -2.85. The Kier molecular flexibility index (Phi) is 4.92. The van der Waals surface area contributed by atoms with Gasteiger partial charge in [-0.3, -0.25) is 4.79 Å². The van der Waals surface area contributed by atoms with Crippen LogP contribution in [0.5, 0.6) is 0 Å². The molecule has 104 valence electrons. The van der Waals surface area contributed by atoms with Gasteiger partial charge in [0.15, 0.2) is 0 Å². The molecule has 5 heteroatoms. The third-order valence-electron chi connectivity index (χ3n) is 4.01. The van der Waals surface area contributed by atoms with Crippen LogP contribution in [0.1, 0.15) is 38.5 Å². The maximum atomic E-state index is 12.5. The molecular weight excluding hydrogens is 238 g/mol. The molecule has 0 aromatic rings. The lowest BCUT2D eigenvalue weighted by molar-refractivity contribution is -0.144. The number of rotatable bonds is 3. The fraction of sp³-hybridized carbons (Fsp3) is 0.923. The Morgan fingerprint density at radius 3 is 2.33 bits per heavy atom. The molecule has 0 saturated carbocycles. The summed E-state index contributed by atoms with van der Waals surface area (Å²) >= 11 is 0. The summed E-state index contributed by atoms with van der Waals surface area (Å²) in [4.78, 5) is 15.2. The molecule has 0 bridgehead atoms. The van der Waals surface area contributed by atoms with Crippen LogP contribution in [0.25, 0.3) is 0 Å². The van der Waals surface area contributed by atoms with Gasteiger partial charge in [-0.2, -0.15) is 8.78 Å². The first kappa shape index (κ1) is 13.7. The Hall–Kier alpha value is -0.710. The van der Waals surface area contributed by atoms with Crippen molar-refractivity contribution in [1.29, 1.82) is 0 Å². The predicted octanol–water partition coefficient (Wildman–Crippen LogP) is 2.12. The summed E-state index contributed by atoms with van der Waals surface area (Å²) in [5, 5.41) is 0. The highest BCUT2D eigenvalue weighted by molar-refractivity contribution is 5.79. The van der Waals surface area contributed by atoms with Gasteiger partial charge in [-0.25, -0.2) is 0 Å².